The molecule has 0 radical (unpaired) electrons. The Bertz CT molecular complexity index is 506. The fraction of sp³-hybridized carbons (Fsp3) is 0.611. The first-order valence-electron chi connectivity index (χ1n) is 8.27. The van der Waals surface area contributed by atoms with E-state index < -0.39 is 0 Å². The smallest absolute Gasteiger partial charge is 0.223 e. The van der Waals surface area contributed by atoms with Crippen molar-refractivity contribution in [3.05, 3.63) is 35.4 Å². The lowest BCUT2D eigenvalue weighted by Crippen LogP contribution is -2.43. The highest BCUT2D eigenvalue weighted by Crippen LogP contribution is 2.36. The van der Waals surface area contributed by atoms with Crippen LogP contribution in [-0.2, 0) is 17.6 Å². The molecule has 3 heteroatoms. The van der Waals surface area contributed by atoms with E-state index in [1.54, 1.807) is 0 Å². The standard InChI is InChI=1S/C18H26N2O/c19-12-18(9-3-4-10-18)13-20-17(21)16-8-7-14-5-1-2-6-15(14)11-16/h1-2,5-6,16H,3-4,7-13,19H2,(H,20,21). The molecule has 0 heterocycles. The first kappa shape index (κ1) is 14.6. The van der Waals surface area contributed by atoms with Gasteiger partial charge in [-0.05, 0) is 55.2 Å². The number of nitrogens with two attached hydrogens (primary N) is 1. The minimum atomic E-state index is 0.135. The zero-order valence-corrected chi connectivity index (χ0v) is 12.7. The van der Waals surface area contributed by atoms with Crippen LogP contribution in [0.5, 0.6) is 0 Å². The van der Waals surface area contributed by atoms with Crippen LogP contribution < -0.4 is 11.1 Å². The number of aryl methyl sites for hydroxylation is 1. The Hall–Kier alpha value is -1.35. The average molecular weight is 286 g/mol. The van der Waals surface area contributed by atoms with Crippen molar-refractivity contribution in [1.82, 2.24) is 5.32 Å². The summed E-state index contributed by atoms with van der Waals surface area (Å²) < 4.78 is 0. The Morgan fingerprint density at radius 1 is 1.24 bits per heavy atom. The van der Waals surface area contributed by atoms with Gasteiger partial charge in [-0.3, -0.25) is 4.79 Å². The highest BCUT2D eigenvalue weighted by atomic mass is 16.1. The van der Waals surface area contributed by atoms with Crippen LogP contribution in [-0.4, -0.2) is 19.0 Å². The number of carbonyl (C=O) groups is 1. The van der Waals surface area contributed by atoms with Gasteiger partial charge in [-0.2, -0.15) is 0 Å². The van der Waals surface area contributed by atoms with E-state index in [-0.39, 0.29) is 17.2 Å². The van der Waals surface area contributed by atoms with Crippen molar-refractivity contribution in [3.63, 3.8) is 0 Å². The van der Waals surface area contributed by atoms with Crippen LogP contribution in [0.4, 0.5) is 0 Å². The summed E-state index contributed by atoms with van der Waals surface area (Å²) in [4.78, 5) is 12.5. The van der Waals surface area contributed by atoms with Crippen LogP contribution in [0.3, 0.4) is 0 Å². The maximum atomic E-state index is 12.5. The zero-order valence-electron chi connectivity index (χ0n) is 12.7. The maximum Gasteiger partial charge on any atom is 0.223 e. The molecule has 0 aliphatic heterocycles. The second-order valence-corrected chi connectivity index (χ2v) is 6.84. The maximum absolute atomic E-state index is 12.5. The van der Waals surface area contributed by atoms with Gasteiger partial charge in [0.05, 0.1) is 0 Å². The molecule has 114 valence electrons. The molecular formula is C18H26N2O. The van der Waals surface area contributed by atoms with Crippen LogP contribution in [0.15, 0.2) is 24.3 Å². The average Bonchev–Trinajstić information content (AvgIpc) is 3.01. The van der Waals surface area contributed by atoms with Gasteiger partial charge >= 0.3 is 0 Å². The summed E-state index contributed by atoms with van der Waals surface area (Å²) in [6.45, 7) is 1.46. The lowest BCUT2D eigenvalue weighted by atomic mass is 9.82. The molecule has 1 amide bonds. The first-order valence-corrected chi connectivity index (χ1v) is 8.27. The Kier molecular flexibility index (Phi) is 4.29. The van der Waals surface area contributed by atoms with E-state index in [4.69, 9.17) is 5.73 Å². The molecule has 1 aromatic carbocycles. The van der Waals surface area contributed by atoms with Gasteiger partial charge < -0.3 is 11.1 Å². The van der Waals surface area contributed by atoms with Crippen molar-refractivity contribution in [2.75, 3.05) is 13.1 Å². The van der Waals surface area contributed by atoms with E-state index in [0.717, 1.165) is 38.6 Å². The van der Waals surface area contributed by atoms with E-state index in [9.17, 15) is 4.79 Å². The van der Waals surface area contributed by atoms with E-state index in [1.807, 2.05) is 0 Å². The van der Waals surface area contributed by atoms with Gasteiger partial charge in [0.1, 0.15) is 0 Å². The summed E-state index contributed by atoms with van der Waals surface area (Å²) in [6, 6.07) is 8.50. The minimum Gasteiger partial charge on any atom is -0.355 e. The zero-order chi connectivity index (χ0) is 14.7. The van der Waals surface area contributed by atoms with Gasteiger partial charge in [0.2, 0.25) is 5.91 Å². The number of hydrogen-bond donors (Lipinski definition) is 2. The van der Waals surface area contributed by atoms with E-state index in [0.29, 0.717) is 6.54 Å². The monoisotopic (exact) mass is 286 g/mol. The number of amides is 1. The third kappa shape index (κ3) is 3.13. The molecule has 2 aliphatic rings. The van der Waals surface area contributed by atoms with Crippen molar-refractivity contribution < 1.29 is 4.79 Å². The Morgan fingerprint density at radius 3 is 2.67 bits per heavy atom. The molecule has 0 bridgehead atoms. The molecule has 1 aromatic rings. The van der Waals surface area contributed by atoms with E-state index >= 15 is 0 Å². The molecule has 0 saturated heterocycles. The molecule has 0 aromatic heterocycles. The summed E-state index contributed by atoms with van der Waals surface area (Å²) in [5.41, 5.74) is 8.87. The number of hydrogen-bond acceptors (Lipinski definition) is 2. The first-order chi connectivity index (χ1) is 10.2. The van der Waals surface area contributed by atoms with Crippen LogP contribution in [0.1, 0.15) is 43.2 Å². The Labute approximate surface area is 127 Å². The second-order valence-electron chi connectivity index (χ2n) is 6.84. The fourth-order valence-corrected chi connectivity index (χ4v) is 3.92. The summed E-state index contributed by atoms with van der Waals surface area (Å²) in [5, 5.41) is 3.20. The largest absolute Gasteiger partial charge is 0.355 e. The van der Waals surface area contributed by atoms with E-state index in [1.165, 1.54) is 24.0 Å². The molecule has 1 saturated carbocycles. The summed E-state index contributed by atoms with van der Waals surface area (Å²) in [6.07, 6.45) is 7.72. The molecule has 3 nitrogen and oxygen atoms in total. The second kappa shape index (κ2) is 6.18. The van der Waals surface area contributed by atoms with Crippen molar-refractivity contribution >= 4 is 5.91 Å². The molecule has 3 rings (SSSR count). The Balaban J connectivity index is 1.57. The number of nitrogens with one attached hydrogen (secondary N) is 1. The normalized spacial score (nSPS) is 23.6. The number of benzene rings is 1. The molecule has 2 aliphatic carbocycles. The van der Waals surface area contributed by atoms with Crippen LogP contribution >= 0.6 is 0 Å². The number of carbonyl (C=O) groups excluding carboxylic acids is 1. The summed E-state index contributed by atoms with van der Waals surface area (Å²) in [5.74, 6) is 0.361. The van der Waals surface area contributed by atoms with Crippen molar-refractivity contribution in [2.45, 2.75) is 44.9 Å². The highest BCUT2D eigenvalue weighted by Gasteiger charge is 2.33. The van der Waals surface area contributed by atoms with Crippen LogP contribution in [0.2, 0.25) is 0 Å². The Morgan fingerprint density at radius 2 is 1.95 bits per heavy atom. The highest BCUT2D eigenvalue weighted by molar-refractivity contribution is 5.79. The minimum absolute atomic E-state index is 0.135. The molecule has 1 unspecified atom stereocenters. The molecule has 3 N–H and O–H groups in total. The van der Waals surface area contributed by atoms with Crippen LogP contribution in [0.25, 0.3) is 0 Å². The molecule has 21 heavy (non-hydrogen) atoms. The molecule has 1 fully saturated rings. The predicted octanol–water partition coefficient (Wildman–Crippen LogP) is 2.43. The lowest BCUT2D eigenvalue weighted by molar-refractivity contribution is -0.125. The number of fused-ring (bicyclic) bond motifs is 1. The van der Waals surface area contributed by atoms with E-state index in [2.05, 4.69) is 29.6 Å². The fourth-order valence-electron chi connectivity index (χ4n) is 3.92. The molecule has 1 atom stereocenters. The van der Waals surface area contributed by atoms with Gasteiger partial charge in [-0.25, -0.2) is 0 Å². The third-order valence-corrected chi connectivity index (χ3v) is 5.45. The number of rotatable bonds is 4. The molecule has 0 spiro atoms. The van der Waals surface area contributed by atoms with Crippen LogP contribution in [0, 0.1) is 11.3 Å². The SMILES string of the molecule is NCC1(CNC(=O)C2CCc3ccccc3C2)CCCC1. The molecular weight excluding hydrogens is 260 g/mol. The van der Waals surface area contributed by atoms with Gasteiger partial charge in [-0.15, -0.1) is 0 Å². The topological polar surface area (TPSA) is 55.1 Å². The van der Waals surface area contributed by atoms with Crippen molar-refractivity contribution in [3.8, 4) is 0 Å². The van der Waals surface area contributed by atoms with Gasteiger partial charge in [0.25, 0.3) is 0 Å². The predicted molar refractivity (Wildman–Crippen MR) is 84.9 cm³/mol. The van der Waals surface area contributed by atoms with Crippen molar-refractivity contribution in [2.24, 2.45) is 17.1 Å². The van der Waals surface area contributed by atoms with Gasteiger partial charge in [-0.1, -0.05) is 37.1 Å². The van der Waals surface area contributed by atoms with Crippen molar-refractivity contribution in [1.29, 1.82) is 0 Å². The summed E-state index contributed by atoms with van der Waals surface area (Å²) in [7, 11) is 0. The quantitative estimate of drug-likeness (QED) is 0.893. The lowest BCUT2D eigenvalue weighted by Gasteiger charge is -2.29. The van der Waals surface area contributed by atoms with Gasteiger partial charge in [0.15, 0.2) is 0 Å². The third-order valence-electron chi connectivity index (χ3n) is 5.45. The van der Waals surface area contributed by atoms with Gasteiger partial charge in [0, 0.05) is 12.5 Å². The summed E-state index contributed by atoms with van der Waals surface area (Å²) >= 11 is 0.